The summed E-state index contributed by atoms with van der Waals surface area (Å²) in [6.45, 7) is 1.90. The molecule has 30 heavy (non-hydrogen) atoms. The number of carbonyl (C=O) groups excluding carboxylic acids is 2. The Hall–Kier alpha value is -2.55. The molecule has 1 fully saturated rings. The summed E-state index contributed by atoms with van der Waals surface area (Å²) in [6.07, 6.45) is 5.94. The number of aromatic nitrogens is 1. The minimum atomic E-state index is -5.19. The lowest BCUT2D eigenvalue weighted by Gasteiger charge is -2.20. The molecule has 0 radical (unpaired) electrons. The average molecular weight is 425 g/mol. The molecule has 1 aromatic heterocycles. The lowest BCUT2D eigenvalue weighted by atomic mass is 9.93. The van der Waals surface area contributed by atoms with Crippen molar-refractivity contribution in [3.63, 3.8) is 0 Å². The molecule has 2 aliphatic rings. The molecule has 0 saturated heterocycles. The van der Waals surface area contributed by atoms with Crippen LogP contribution in [0.1, 0.15) is 53.6 Å². The number of benzene rings is 1. The van der Waals surface area contributed by atoms with Gasteiger partial charge in [0.1, 0.15) is 5.97 Å². The van der Waals surface area contributed by atoms with Crippen molar-refractivity contribution in [2.75, 3.05) is 13.1 Å². The Kier molecular flexibility index (Phi) is 7.02. The third-order valence-electron chi connectivity index (χ3n) is 5.74. The molecule has 1 saturated carbocycles. The Morgan fingerprint density at radius 3 is 2.57 bits per heavy atom. The predicted octanol–water partition coefficient (Wildman–Crippen LogP) is 1.19. The number of amides is 1. The zero-order chi connectivity index (χ0) is 21.7. The summed E-state index contributed by atoms with van der Waals surface area (Å²) in [7, 11) is 0. The molecular formula is C21H26F3N3O3. The number of fused-ring (bicyclic) bond motifs is 3. The van der Waals surface area contributed by atoms with E-state index in [0.29, 0.717) is 0 Å². The van der Waals surface area contributed by atoms with Crippen LogP contribution in [0.5, 0.6) is 0 Å². The number of carboxylic acid groups (broad SMARTS) is 1. The molecule has 0 spiro atoms. The molecule has 2 aromatic rings. The predicted molar refractivity (Wildman–Crippen MR) is 103 cm³/mol. The molecule has 4 rings (SSSR count). The van der Waals surface area contributed by atoms with Crippen LogP contribution in [0, 0.1) is 0 Å². The number of rotatable bonds is 4. The van der Waals surface area contributed by atoms with E-state index in [4.69, 9.17) is 9.90 Å². The Balaban J connectivity index is 0.000000318. The van der Waals surface area contributed by atoms with Gasteiger partial charge in [-0.15, -0.1) is 0 Å². The number of hydrogen-bond donors (Lipinski definition) is 3. The van der Waals surface area contributed by atoms with Crippen molar-refractivity contribution in [3.8, 4) is 0 Å². The number of nitrogens with one attached hydrogen (secondary N) is 2. The fraction of sp³-hybridized carbons (Fsp3) is 0.524. The monoisotopic (exact) mass is 425 g/mol. The molecule has 1 aliphatic carbocycles. The lowest BCUT2D eigenvalue weighted by molar-refractivity contribution is -0.691. The average Bonchev–Trinajstić information content (AvgIpc) is 3.12. The van der Waals surface area contributed by atoms with E-state index in [1.165, 1.54) is 54.1 Å². The van der Waals surface area contributed by atoms with E-state index in [0.717, 1.165) is 37.5 Å². The molecule has 9 heteroatoms. The van der Waals surface area contributed by atoms with Crippen LogP contribution in [0.15, 0.2) is 18.3 Å². The van der Waals surface area contributed by atoms with Crippen molar-refractivity contribution in [2.24, 2.45) is 0 Å². The Morgan fingerprint density at radius 1 is 1.20 bits per heavy atom. The van der Waals surface area contributed by atoms with Crippen molar-refractivity contribution < 1.29 is 33.2 Å². The second-order valence-electron chi connectivity index (χ2n) is 7.79. The quantitative estimate of drug-likeness (QED) is 0.686. The van der Waals surface area contributed by atoms with E-state index < -0.39 is 12.1 Å². The third-order valence-corrected chi connectivity index (χ3v) is 5.74. The summed E-state index contributed by atoms with van der Waals surface area (Å²) in [4.78, 5) is 24.2. The van der Waals surface area contributed by atoms with Crippen molar-refractivity contribution in [1.29, 1.82) is 0 Å². The number of alkyl halides is 3. The summed E-state index contributed by atoms with van der Waals surface area (Å²) in [5, 5.41) is 15.6. The van der Waals surface area contributed by atoms with E-state index >= 15 is 0 Å². The second kappa shape index (κ2) is 9.51. The molecule has 6 nitrogen and oxygen atoms in total. The van der Waals surface area contributed by atoms with Crippen LogP contribution in [0.2, 0.25) is 0 Å². The highest BCUT2D eigenvalue weighted by Gasteiger charge is 2.28. The van der Waals surface area contributed by atoms with Crippen LogP contribution in [-0.2, 0) is 17.6 Å². The highest BCUT2D eigenvalue weighted by Crippen LogP contribution is 2.28. The van der Waals surface area contributed by atoms with Gasteiger partial charge in [0.25, 0.3) is 5.91 Å². The zero-order valence-corrected chi connectivity index (χ0v) is 16.6. The van der Waals surface area contributed by atoms with Crippen LogP contribution >= 0.6 is 0 Å². The standard InChI is InChI=1S/C19H25N3O.C2HF3O2/c23-19-16-6-7-17-18(15(16)9-11-21-19)13(12-22-17)8-10-20-14-4-2-1-3-5-14;3-2(4,5)1(6)7/h6-7,12,14,20,22H,1-5,8-11H2,(H,21,23);(H,6,7). The number of aliphatic carboxylic acids is 1. The van der Waals surface area contributed by atoms with Gasteiger partial charge in [-0.05, 0) is 55.4 Å². The number of carbonyl (C=O) groups is 2. The first-order chi connectivity index (χ1) is 14.3. The maximum atomic E-state index is 12.1. The highest BCUT2D eigenvalue weighted by atomic mass is 19.4. The van der Waals surface area contributed by atoms with Gasteiger partial charge in [0.05, 0.1) is 12.6 Å². The number of halogens is 3. The topological polar surface area (TPSA) is 102 Å². The minimum Gasteiger partial charge on any atom is -0.542 e. The van der Waals surface area contributed by atoms with Crippen LogP contribution in [0.3, 0.4) is 0 Å². The van der Waals surface area contributed by atoms with Gasteiger partial charge in [-0.1, -0.05) is 6.42 Å². The fourth-order valence-corrected chi connectivity index (χ4v) is 4.28. The van der Waals surface area contributed by atoms with Gasteiger partial charge in [-0.25, -0.2) is 0 Å². The van der Waals surface area contributed by atoms with E-state index in [-0.39, 0.29) is 5.91 Å². The first-order valence-electron chi connectivity index (χ1n) is 10.3. The SMILES string of the molecule is O=C([O-])C(F)(F)F.O=C1NCCc2c1ccc1[nH]cc(CC[NH2+]C3CCCCC3)c21. The number of aromatic amines is 1. The normalized spacial score (nSPS) is 17.1. The molecule has 2 heterocycles. The largest absolute Gasteiger partial charge is 0.542 e. The smallest absolute Gasteiger partial charge is 0.430 e. The summed E-state index contributed by atoms with van der Waals surface area (Å²) in [6, 6.07) is 4.84. The van der Waals surface area contributed by atoms with Gasteiger partial charge < -0.3 is 25.5 Å². The molecule has 1 amide bonds. The van der Waals surface area contributed by atoms with Gasteiger partial charge in [-0.3, -0.25) is 4.79 Å². The van der Waals surface area contributed by atoms with Gasteiger partial charge >= 0.3 is 6.18 Å². The van der Waals surface area contributed by atoms with E-state index in [2.05, 4.69) is 21.8 Å². The first-order valence-corrected chi connectivity index (χ1v) is 10.3. The first kappa shape index (κ1) is 22.1. The molecule has 164 valence electrons. The van der Waals surface area contributed by atoms with Gasteiger partial charge in [0.15, 0.2) is 0 Å². The summed E-state index contributed by atoms with van der Waals surface area (Å²) < 4.78 is 31.5. The van der Waals surface area contributed by atoms with Gasteiger partial charge in [-0.2, -0.15) is 13.2 Å². The summed E-state index contributed by atoms with van der Waals surface area (Å²) in [5.74, 6) is -2.93. The van der Waals surface area contributed by atoms with E-state index in [9.17, 15) is 18.0 Å². The van der Waals surface area contributed by atoms with Crippen molar-refractivity contribution in [2.45, 2.75) is 57.2 Å². The molecular weight excluding hydrogens is 399 g/mol. The number of carboxylic acids is 1. The molecule has 1 aliphatic heterocycles. The molecule has 4 N–H and O–H groups in total. The minimum absolute atomic E-state index is 0.0778. The van der Waals surface area contributed by atoms with Crippen LogP contribution < -0.4 is 15.7 Å². The lowest BCUT2D eigenvalue weighted by Crippen LogP contribution is -2.90. The van der Waals surface area contributed by atoms with Crippen LogP contribution in [0.4, 0.5) is 13.2 Å². The molecule has 0 unspecified atom stereocenters. The fourth-order valence-electron chi connectivity index (χ4n) is 4.28. The van der Waals surface area contributed by atoms with E-state index in [1.54, 1.807) is 0 Å². The Bertz CT molecular complexity index is 902. The van der Waals surface area contributed by atoms with Crippen molar-refractivity contribution in [1.82, 2.24) is 10.3 Å². The maximum absolute atomic E-state index is 12.1. The number of H-pyrrole nitrogens is 1. The molecule has 0 bridgehead atoms. The van der Waals surface area contributed by atoms with Crippen molar-refractivity contribution in [3.05, 3.63) is 35.0 Å². The van der Waals surface area contributed by atoms with E-state index in [1.807, 2.05) is 12.1 Å². The second-order valence-corrected chi connectivity index (χ2v) is 7.79. The van der Waals surface area contributed by atoms with Gasteiger partial charge in [0.2, 0.25) is 0 Å². The molecule has 0 atom stereocenters. The maximum Gasteiger partial charge on any atom is 0.430 e. The number of nitrogens with two attached hydrogens (primary N) is 1. The van der Waals surface area contributed by atoms with Crippen LogP contribution in [-0.4, -0.2) is 42.2 Å². The summed E-state index contributed by atoms with van der Waals surface area (Å²) in [5.41, 5.74) is 4.64. The summed E-state index contributed by atoms with van der Waals surface area (Å²) >= 11 is 0. The number of quaternary nitrogens is 1. The zero-order valence-electron chi connectivity index (χ0n) is 16.6. The van der Waals surface area contributed by atoms with Gasteiger partial charge in [0, 0.05) is 35.6 Å². The number of hydrogen-bond acceptors (Lipinski definition) is 3. The Morgan fingerprint density at radius 2 is 1.90 bits per heavy atom. The highest BCUT2D eigenvalue weighted by molar-refractivity contribution is 6.02. The molecule has 1 aromatic carbocycles. The Labute approximate surface area is 172 Å². The van der Waals surface area contributed by atoms with Crippen molar-refractivity contribution >= 4 is 22.8 Å². The third kappa shape index (κ3) is 5.33. The van der Waals surface area contributed by atoms with Crippen LogP contribution in [0.25, 0.3) is 10.9 Å².